The van der Waals surface area contributed by atoms with Crippen molar-refractivity contribution in [1.29, 1.82) is 0 Å². The van der Waals surface area contributed by atoms with E-state index in [4.69, 9.17) is 11.5 Å². The summed E-state index contributed by atoms with van der Waals surface area (Å²) >= 11 is 0. The van der Waals surface area contributed by atoms with E-state index < -0.39 is 11.9 Å². The molecule has 0 aliphatic heterocycles. The van der Waals surface area contributed by atoms with Gasteiger partial charge in [0.1, 0.15) is 11.9 Å². The zero-order valence-electron chi connectivity index (χ0n) is 5.79. The number of hydrogen-bond acceptors (Lipinski definition) is 1. The molecular weight excluding hydrogens is 143 g/mol. The van der Waals surface area contributed by atoms with Crippen LogP contribution in [0.4, 0.5) is 4.39 Å². The lowest BCUT2D eigenvalue weighted by Gasteiger charge is -2.01. The van der Waals surface area contributed by atoms with Gasteiger partial charge in [0.15, 0.2) is 0 Å². The molecule has 1 aromatic rings. The molecule has 0 radical (unpaired) electrons. The molecule has 56 valence electrons. The molecule has 0 amide bonds. The number of benzene rings is 1. The Kier molecular flexibility index (Phi) is 2.25. The summed E-state index contributed by atoms with van der Waals surface area (Å²) in [4.78, 5) is 0. The minimum atomic E-state index is -1.01. The molecule has 11 heavy (non-hydrogen) atoms. The Bertz CT molecular complexity index is 288. The lowest BCUT2D eigenvalue weighted by Crippen LogP contribution is -1.92. The first-order valence-electron chi connectivity index (χ1n) is 3.13. The highest BCUT2D eigenvalue weighted by atomic mass is 19.1. The third-order valence-electron chi connectivity index (χ3n) is 1.32. The third kappa shape index (κ3) is 1.79. The van der Waals surface area contributed by atoms with Crippen molar-refractivity contribution in [2.24, 2.45) is 0 Å². The summed E-state index contributed by atoms with van der Waals surface area (Å²) in [7, 11) is 0. The molecule has 2 heteroatoms. The Hall–Kier alpha value is -1.33. The zero-order valence-corrected chi connectivity index (χ0v) is 5.79. The van der Waals surface area contributed by atoms with Crippen molar-refractivity contribution in [1.82, 2.24) is 0 Å². The fourth-order valence-corrected chi connectivity index (χ4v) is 0.773. The van der Waals surface area contributed by atoms with Crippen LogP contribution in [0.15, 0.2) is 24.3 Å². The molecule has 1 atom stereocenters. The monoisotopic (exact) mass is 150 g/mol. The Balaban J connectivity index is 2.98. The Morgan fingerprint density at radius 2 is 2.27 bits per heavy atom. The van der Waals surface area contributed by atoms with Crippen LogP contribution in [0.2, 0.25) is 0 Å². The van der Waals surface area contributed by atoms with Crippen LogP contribution in [0.25, 0.3) is 0 Å². The quantitative estimate of drug-likeness (QED) is 0.601. The van der Waals surface area contributed by atoms with Crippen molar-refractivity contribution in [3.05, 3.63) is 35.6 Å². The van der Waals surface area contributed by atoms with E-state index in [9.17, 15) is 4.39 Å². The molecule has 1 aromatic carbocycles. The van der Waals surface area contributed by atoms with Crippen molar-refractivity contribution >= 4 is 0 Å². The summed E-state index contributed by atoms with van der Waals surface area (Å²) in [5, 5.41) is 9.05. The molecule has 1 rings (SSSR count). The van der Waals surface area contributed by atoms with E-state index in [0.29, 0.717) is 5.56 Å². The van der Waals surface area contributed by atoms with Crippen LogP contribution in [0.5, 0.6) is 0 Å². The molecule has 1 nitrogen and oxygen atoms in total. The Morgan fingerprint density at radius 1 is 1.55 bits per heavy atom. The minimum absolute atomic E-state index is 0.392. The van der Waals surface area contributed by atoms with E-state index in [1.54, 1.807) is 6.07 Å². The van der Waals surface area contributed by atoms with Crippen LogP contribution in [0.3, 0.4) is 0 Å². The maximum absolute atomic E-state index is 12.5. The Labute approximate surface area is 64.5 Å². The van der Waals surface area contributed by atoms with E-state index in [1.807, 2.05) is 0 Å². The van der Waals surface area contributed by atoms with Crippen molar-refractivity contribution in [3.63, 3.8) is 0 Å². The fourth-order valence-electron chi connectivity index (χ4n) is 0.773. The van der Waals surface area contributed by atoms with Crippen LogP contribution in [-0.2, 0) is 0 Å². The number of rotatable bonds is 1. The van der Waals surface area contributed by atoms with Crippen LogP contribution >= 0.6 is 0 Å². The zero-order chi connectivity index (χ0) is 8.27. The van der Waals surface area contributed by atoms with Gasteiger partial charge in [0.05, 0.1) is 0 Å². The van der Waals surface area contributed by atoms with Crippen LogP contribution in [0.1, 0.15) is 11.7 Å². The molecule has 1 N–H and O–H groups in total. The number of terminal acetylenes is 1. The van der Waals surface area contributed by atoms with Crippen LogP contribution in [0, 0.1) is 18.2 Å². The fraction of sp³-hybridized carbons (Fsp3) is 0.111. The van der Waals surface area contributed by atoms with Crippen LogP contribution < -0.4 is 0 Å². The average molecular weight is 150 g/mol. The van der Waals surface area contributed by atoms with E-state index in [0.717, 1.165) is 0 Å². The van der Waals surface area contributed by atoms with Gasteiger partial charge in [0, 0.05) is 0 Å². The molecule has 0 saturated carbocycles. The van der Waals surface area contributed by atoms with Crippen LogP contribution in [-0.4, -0.2) is 5.11 Å². The van der Waals surface area contributed by atoms with Crippen molar-refractivity contribution in [2.75, 3.05) is 0 Å². The van der Waals surface area contributed by atoms with Gasteiger partial charge >= 0.3 is 0 Å². The average Bonchev–Trinajstić information content (AvgIpc) is 2.03. The predicted octanol–water partition coefficient (Wildman–Crippen LogP) is 1.49. The standard InChI is InChI=1S/C9H7FO/c1-2-9(11)7-4-3-5-8(10)6-7/h1,3-6,9,11H/t9-/m1/s1. The van der Waals surface area contributed by atoms with E-state index >= 15 is 0 Å². The summed E-state index contributed by atoms with van der Waals surface area (Å²) in [6.45, 7) is 0. The van der Waals surface area contributed by atoms with Gasteiger partial charge in [0.25, 0.3) is 0 Å². The molecule has 0 unspecified atom stereocenters. The van der Waals surface area contributed by atoms with E-state index in [-0.39, 0.29) is 0 Å². The highest BCUT2D eigenvalue weighted by Crippen LogP contribution is 2.12. The molecule has 0 aliphatic rings. The summed E-state index contributed by atoms with van der Waals surface area (Å²) < 4.78 is 12.5. The molecular formula is C9H7FO. The first kappa shape index (κ1) is 7.77. The normalized spacial score (nSPS) is 12.1. The molecule has 0 saturated heterocycles. The highest BCUT2D eigenvalue weighted by molar-refractivity contribution is 5.23. The molecule has 0 spiro atoms. The van der Waals surface area contributed by atoms with Gasteiger partial charge in [-0.25, -0.2) is 4.39 Å². The number of aliphatic hydroxyl groups is 1. The third-order valence-corrected chi connectivity index (χ3v) is 1.32. The molecule has 0 aromatic heterocycles. The topological polar surface area (TPSA) is 20.2 Å². The van der Waals surface area contributed by atoms with E-state index in [2.05, 4.69) is 5.92 Å². The first-order chi connectivity index (χ1) is 5.24. The second-order valence-electron chi connectivity index (χ2n) is 2.12. The Morgan fingerprint density at radius 3 is 2.82 bits per heavy atom. The van der Waals surface area contributed by atoms with Gasteiger partial charge in [-0.3, -0.25) is 0 Å². The molecule has 0 aliphatic carbocycles. The number of hydrogen-bond donors (Lipinski definition) is 1. The van der Waals surface area contributed by atoms with Gasteiger partial charge < -0.3 is 5.11 Å². The van der Waals surface area contributed by atoms with E-state index in [1.165, 1.54) is 18.2 Å². The van der Waals surface area contributed by atoms with Crippen molar-refractivity contribution in [3.8, 4) is 12.3 Å². The minimum Gasteiger partial charge on any atom is -0.376 e. The lowest BCUT2D eigenvalue weighted by atomic mass is 10.1. The van der Waals surface area contributed by atoms with Gasteiger partial charge in [-0.2, -0.15) is 0 Å². The second kappa shape index (κ2) is 3.18. The van der Waals surface area contributed by atoms with Crippen molar-refractivity contribution in [2.45, 2.75) is 6.10 Å². The predicted molar refractivity (Wildman–Crippen MR) is 40.2 cm³/mol. The van der Waals surface area contributed by atoms with Gasteiger partial charge in [-0.1, -0.05) is 18.1 Å². The number of aliphatic hydroxyl groups excluding tert-OH is 1. The summed E-state index contributed by atoms with van der Waals surface area (Å²) in [6, 6.07) is 5.59. The van der Waals surface area contributed by atoms with Gasteiger partial charge in [0.2, 0.25) is 0 Å². The lowest BCUT2D eigenvalue weighted by molar-refractivity contribution is 0.238. The van der Waals surface area contributed by atoms with Gasteiger partial charge in [-0.15, -0.1) is 6.42 Å². The second-order valence-corrected chi connectivity index (χ2v) is 2.12. The first-order valence-corrected chi connectivity index (χ1v) is 3.13. The smallest absolute Gasteiger partial charge is 0.140 e. The van der Waals surface area contributed by atoms with Gasteiger partial charge in [-0.05, 0) is 17.7 Å². The maximum atomic E-state index is 12.5. The molecule has 0 heterocycles. The SMILES string of the molecule is C#C[C@@H](O)c1cccc(F)c1. The molecule has 0 fully saturated rings. The largest absolute Gasteiger partial charge is 0.376 e. The summed E-state index contributed by atoms with van der Waals surface area (Å²) in [6.07, 6.45) is 3.92. The summed E-state index contributed by atoms with van der Waals surface area (Å²) in [5.41, 5.74) is 0.410. The van der Waals surface area contributed by atoms with Crippen molar-refractivity contribution < 1.29 is 9.50 Å². The number of halogens is 1. The maximum Gasteiger partial charge on any atom is 0.140 e. The highest BCUT2D eigenvalue weighted by Gasteiger charge is 2.02. The molecule has 0 bridgehead atoms. The summed E-state index contributed by atoms with van der Waals surface area (Å²) in [5.74, 6) is 1.71.